The Morgan fingerprint density at radius 2 is 1.87 bits per heavy atom. The molecule has 4 rings (SSSR count). The van der Waals surface area contributed by atoms with Gasteiger partial charge in [-0.1, -0.05) is 32.9 Å². The highest BCUT2D eigenvalue weighted by molar-refractivity contribution is 5.77. The minimum atomic E-state index is -4.67. The molecule has 1 fully saturated rings. The van der Waals surface area contributed by atoms with Crippen LogP contribution in [0.2, 0.25) is 0 Å². The van der Waals surface area contributed by atoms with Gasteiger partial charge in [-0.2, -0.15) is 13.2 Å². The first-order valence-electron chi connectivity index (χ1n) is 13.4. The number of aliphatic hydroxyl groups excluding tert-OH is 1. The number of nitrogens with zero attached hydrogens (tertiary/aromatic N) is 1. The van der Waals surface area contributed by atoms with Crippen molar-refractivity contribution in [3.8, 4) is 5.88 Å². The van der Waals surface area contributed by atoms with Crippen LogP contribution in [0.15, 0.2) is 36.5 Å². The number of fused-ring (bicyclic) bond motifs is 1. The lowest BCUT2D eigenvalue weighted by Gasteiger charge is -2.47. The van der Waals surface area contributed by atoms with Gasteiger partial charge in [0.05, 0.1) is 12.1 Å². The Bertz CT molecular complexity index is 1140. The zero-order valence-electron chi connectivity index (χ0n) is 22.6. The predicted octanol–water partition coefficient (Wildman–Crippen LogP) is 5.19. The average molecular weight is 552 g/mol. The van der Waals surface area contributed by atoms with E-state index in [1.165, 1.54) is 24.3 Å². The number of nitrogens with one attached hydrogen (secondary N) is 2. The summed E-state index contributed by atoms with van der Waals surface area (Å²) in [6.45, 7) is 6.45. The number of halogens is 4. The summed E-state index contributed by atoms with van der Waals surface area (Å²) in [6, 6.07) is 6.30. The summed E-state index contributed by atoms with van der Waals surface area (Å²) >= 11 is 0. The summed E-state index contributed by atoms with van der Waals surface area (Å²) in [4.78, 5) is 16.7. The minimum absolute atomic E-state index is 0.0157. The van der Waals surface area contributed by atoms with Crippen molar-refractivity contribution in [1.82, 2.24) is 15.6 Å². The van der Waals surface area contributed by atoms with Crippen LogP contribution in [0, 0.1) is 11.2 Å². The molecular weight excluding hydrogens is 514 g/mol. The number of hydrogen-bond acceptors (Lipinski definition) is 5. The number of ether oxygens (including phenoxy) is 1. The Morgan fingerprint density at radius 3 is 2.46 bits per heavy atom. The molecule has 1 aliphatic carbocycles. The lowest BCUT2D eigenvalue weighted by Crippen LogP contribution is -2.52. The molecule has 214 valence electrons. The van der Waals surface area contributed by atoms with E-state index in [1.807, 2.05) is 6.20 Å². The fourth-order valence-electron chi connectivity index (χ4n) is 5.35. The number of hydrogen-bond donors (Lipinski definition) is 3. The van der Waals surface area contributed by atoms with Gasteiger partial charge < -0.3 is 20.5 Å². The van der Waals surface area contributed by atoms with Gasteiger partial charge in [-0.3, -0.25) is 4.79 Å². The van der Waals surface area contributed by atoms with Gasteiger partial charge in [0.25, 0.3) is 0 Å². The summed E-state index contributed by atoms with van der Waals surface area (Å²) in [5.74, 6) is -1.12. The fraction of sp³-hybridized carbons (Fsp3) is 0.586. The SMILES string of the molecule is CC(C)(C)Cc1cnc2c(c1)[C@@H](NC[C@@H](O)[C@H](Cc1ccc(F)cc1)NC(=O)CC(F)(F)F)CC1(CCC1)O2. The number of pyridine rings is 1. The highest BCUT2D eigenvalue weighted by atomic mass is 19.4. The summed E-state index contributed by atoms with van der Waals surface area (Å²) in [5, 5.41) is 16.8. The van der Waals surface area contributed by atoms with Crippen molar-refractivity contribution in [2.24, 2.45) is 5.41 Å². The maximum Gasteiger partial charge on any atom is 0.397 e. The van der Waals surface area contributed by atoms with Crippen molar-refractivity contribution in [2.45, 2.75) is 95.7 Å². The van der Waals surface area contributed by atoms with E-state index < -0.39 is 36.5 Å². The quantitative estimate of drug-likeness (QED) is 0.374. The molecule has 3 atom stereocenters. The first-order valence-corrected chi connectivity index (χ1v) is 13.4. The Morgan fingerprint density at radius 1 is 1.18 bits per heavy atom. The van der Waals surface area contributed by atoms with Gasteiger partial charge in [0.1, 0.15) is 17.8 Å². The number of amides is 1. The molecule has 1 aromatic heterocycles. The number of alkyl halides is 3. The minimum Gasteiger partial charge on any atom is -0.471 e. The van der Waals surface area contributed by atoms with Gasteiger partial charge in [-0.05, 0) is 66.8 Å². The highest BCUT2D eigenvalue weighted by Crippen LogP contribution is 2.48. The third kappa shape index (κ3) is 8.14. The zero-order chi connectivity index (χ0) is 28.4. The molecule has 2 heterocycles. The maximum absolute atomic E-state index is 13.4. The standard InChI is InChI=1S/C29H37F4N3O3/c1-27(2,3)13-19-11-21-23(14-28(9-4-10-28)39-26(21)35-16-19)34-17-24(37)22(36-25(38)15-29(31,32)33)12-18-5-7-20(30)8-6-18/h5-8,11,16,22-24,34,37H,4,9-10,12-15,17H2,1-3H3,(H,36,38)/t22-,23-,24+/m0/s1. The first kappa shape index (κ1) is 29.3. The third-order valence-corrected chi connectivity index (χ3v) is 7.31. The molecule has 2 aliphatic rings. The van der Waals surface area contributed by atoms with Crippen molar-refractivity contribution in [2.75, 3.05) is 6.54 Å². The van der Waals surface area contributed by atoms with E-state index in [0.717, 1.165) is 36.8 Å². The van der Waals surface area contributed by atoms with Gasteiger partial charge in [-0.15, -0.1) is 0 Å². The number of rotatable bonds is 9. The predicted molar refractivity (Wildman–Crippen MR) is 139 cm³/mol. The van der Waals surface area contributed by atoms with Crippen LogP contribution < -0.4 is 15.4 Å². The normalized spacial score (nSPS) is 19.9. The molecule has 6 nitrogen and oxygen atoms in total. The van der Waals surface area contributed by atoms with Crippen LogP contribution in [0.25, 0.3) is 0 Å². The van der Waals surface area contributed by atoms with Gasteiger partial charge in [0.2, 0.25) is 11.8 Å². The summed E-state index contributed by atoms with van der Waals surface area (Å²) < 4.78 is 58.1. The van der Waals surface area contributed by atoms with Crippen LogP contribution in [0.1, 0.15) is 75.6 Å². The van der Waals surface area contributed by atoms with Crippen molar-refractivity contribution >= 4 is 5.91 Å². The first-order chi connectivity index (χ1) is 18.2. The molecule has 2 aromatic rings. The maximum atomic E-state index is 13.4. The van der Waals surface area contributed by atoms with E-state index in [4.69, 9.17) is 4.74 Å². The van der Waals surface area contributed by atoms with Crippen LogP contribution in [-0.2, 0) is 17.6 Å². The number of aliphatic hydroxyl groups is 1. The second-order valence-electron chi connectivity index (χ2n) is 12.1. The lowest BCUT2D eigenvalue weighted by atomic mass is 9.73. The van der Waals surface area contributed by atoms with Gasteiger partial charge in [0.15, 0.2) is 0 Å². The molecule has 1 aliphatic heterocycles. The Balaban J connectivity index is 1.51. The Labute approximate surface area is 226 Å². The van der Waals surface area contributed by atoms with Crippen LogP contribution in [0.4, 0.5) is 17.6 Å². The molecule has 10 heteroatoms. The molecule has 0 bridgehead atoms. The molecule has 0 unspecified atom stereocenters. The van der Waals surface area contributed by atoms with E-state index in [9.17, 15) is 27.5 Å². The van der Waals surface area contributed by atoms with Crippen molar-refractivity contribution in [1.29, 1.82) is 0 Å². The van der Waals surface area contributed by atoms with Gasteiger partial charge >= 0.3 is 6.18 Å². The molecule has 3 N–H and O–H groups in total. The molecule has 39 heavy (non-hydrogen) atoms. The lowest BCUT2D eigenvalue weighted by molar-refractivity contribution is -0.154. The number of aromatic nitrogens is 1. The number of benzene rings is 1. The van der Waals surface area contributed by atoms with Crippen molar-refractivity contribution in [3.63, 3.8) is 0 Å². The largest absolute Gasteiger partial charge is 0.471 e. The van der Waals surface area contributed by atoms with E-state index in [0.29, 0.717) is 17.9 Å². The molecular formula is C29H37F4N3O3. The zero-order valence-corrected chi connectivity index (χ0v) is 22.6. The fourth-order valence-corrected chi connectivity index (χ4v) is 5.35. The molecule has 0 saturated heterocycles. The van der Waals surface area contributed by atoms with Crippen LogP contribution >= 0.6 is 0 Å². The molecule has 1 spiro atoms. The third-order valence-electron chi connectivity index (χ3n) is 7.31. The number of carbonyl (C=O) groups excluding carboxylic acids is 1. The summed E-state index contributed by atoms with van der Waals surface area (Å²) in [6.07, 6.45) is -1.30. The summed E-state index contributed by atoms with van der Waals surface area (Å²) in [5.41, 5.74) is 2.27. The summed E-state index contributed by atoms with van der Waals surface area (Å²) in [7, 11) is 0. The van der Waals surface area contributed by atoms with E-state index >= 15 is 0 Å². The topological polar surface area (TPSA) is 83.5 Å². The molecule has 1 saturated carbocycles. The van der Waals surface area contributed by atoms with Crippen LogP contribution in [-0.4, -0.2) is 46.5 Å². The Hall–Kier alpha value is -2.72. The van der Waals surface area contributed by atoms with Crippen molar-refractivity contribution < 1.29 is 32.2 Å². The van der Waals surface area contributed by atoms with Crippen LogP contribution in [0.3, 0.4) is 0 Å². The van der Waals surface area contributed by atoms with E-state index in [2.05, 4.69) is 42.5 Å². The highest BCUT2D eigenvalue weighted by Gasteiger charge is 2.46. The van der Waals surface area contributed by atoms with Gasteiger partial charge in [-0.25, -0.2) is 9.37 Å². The van der Waals surface area contributed by atoms with E-state index in [1.54, 1.807) is 0 Å². The van der Waals surface area contributed by atoms with E-state index in [-0.39, 0.29) is 30.0 Å². The average Bonchev–Trinajstić information content (AvgIpc) is 2.80. The van der Waals surface area contributed by atoms with Crippen LogP contribution in [0.5, 0.6) is 5.88 Å². The van der Waals surface area contributed by atoms with Crippen molar-refractivity contribution in [3.05, 3.63) is 59.0 Å². The Kier molecular flexibility index (Phi) is 8.56. The second kappa shape index (κ2) is 11.4. The molecule has 0 radical (unpaired) electrons. The molecule has 1 aromatic carbocycles. The smallest absolute Gasteiger partial charge is 0.397 e. The van der Waals surface area contributed by atoms with Gasteiger partial charge in [0, 0.05) is 30.8 Å². The second-order valence-corrected chi connectivity index (χ2v) is 12.1. The number of carbonyl (C=O) groups is 1. The molecule has 1 amide bonds. The monoisotopic (exact) mass is 551 g/mol.